The molecule has 0 amide bonds. The molecule has 0 radical (unpaired) electrons. The van der Waals surface area contributed by atoms with E-state index in [4.69, 9.17) is 37.9 Å². The Balaban J connectivity index is -0.000001000. The lowest BCUT2D eigenvalue weighted by Crippen LogP contribution is -2.54. The highest BCUT2D eigenvalue weighted by atomic mass is 19.3. The van der Waals surface area contributed by atoms with Crippen LogP contribution in [0.4, 0.5) is 79.0 Å². The van der Waals surface area contributed by atoms with E-state index < -0.39 is 179 Å². The van der Waals surface area contributed by atoms with Crippen molar-refractivity contribution >= 4 is 47.8 Å². The van der Waals surface area contributed by atoms with Crippen LogP contribution in [0.5, 0.6) is 0 Å². The second-order valence-corrected chi connectivity index (χ2v) is 29.5. The Hall–Kier alpha value is -7.86. The summed E-state index contributed by atoms with van der Waals surface area (Å²) in [6, 6.07) is 0. The number of esters is 8. The Morgan fingerprint density at radius 2 is 0.535 bits per heavy atom. The molecular weight excluding hydrogens is 1740 g/mol. The summed E-state index contributed by atoms with van der Waals surface area (Å²) in [4.78, 5) is 89.9. The number of unbranched alkanes of at least 4 members (excludes halogenated alkanes) is 12. The molecule has 0 bridgehead atoms. The van der Waals surface area contributed by atoms with Gasteiger partial charge in [-0.1, -0.05) is 137 Å². The third-order valence-electron chi connectivity index (χ3n) is 17.0. The van der Waals surface area contributed by atoms with Crippen molar-refractivity contribution in [2.75, 3.05) is 92.5 Å². The highest BCUT2D eigenvalue weighted by molar-refractivity contribution is 5.89. The van der Waals surface area contributed by atoms with Crippen molar-refractivity contribution < 1.29 is 188 Å². The van der Waals surface area contributed by atoms with Gasteiger partial charge in [0.15, 0.2) is 13.2 Å². The third-order valence-corrected chi connectivity index (χ3v) is 17.0. The first-order chi connectivity index (χ1) is 58.4. The zero-order chi connectivity index (χ0) is 96.9. The number of rotatable bonds is 75. The number of ether oxygens (including phenoxy) is 15. The van der Waals surface area contributed by atoms with Crippen LogP contribution in [0.15, 0.2) is 98.2 Å². The van der Waals surface area contributed by atoms with E-state index in [0.29, 0.717) is 125 Å². The van der Waals surface area contributed by atoms with E-state index in [1.165, 1.54) is 0 Å². The topological polar surface area (TPSA) is 275 Å². The van der Waals surface area contributed by atoms with Crippen LogP contribution in [0.3, 0.4) is 0 Å². The zero-order valence-electron chi connectivity index (χ0n) is 72.8. The molecule has 0 fully saturated rings. The molecule has 23 nitrogen and oxygen atoms in total. The predicted octanol–water partition coefficient (Wildman–Crippen LogP) is 22.2. The lowest BCUT2D eigenvalue weighted by molar-refractivity contribution is -0.566. The SMILES string of the molecule is C.C=C(C)C(=O)OCC(F)(F)OC(F)(F)OC(F)(F)C(F)(F)OC(F)(F)COC(=O)C(=C)C.C=C(C)C(=O)OCCCCCC(CCCCOCC(F)(F)OCCC(F)(F)COCCCCC(CCCCOC(=O)C(=C)C)CCCCOC(=O)C(=C)C)CCCCOC(=O)C(=C)C.C=CC(=O)OCCCCCCC(F)(F)CCOC(F)(F)CCCCCOC(=O)C=C. The van der Waals surface area contributed by atoms with Crippen LogP contribution >= 0.6 is 0 Å². The van der Waals surface area contributed by atoms with Gasteiger partial charge in [-0.05, 0) is 143 Å². The first-order valence-corrected chi connectivity index (χ1v) is 40.9. The predicted molar refractivity (Wildman–Crippen MR) is 430 cm³/mol. The van der Waals surface area contributed by atoms with Gasteiger partial charge < -0.3 is 56.8 Å². The van der Waals surface area contributed by atoms with E-state index in [2.05, 4.69) is 85.8 Å². The van der Waals surface area contributed by atoms with Crippen LogP contribution in [0, 0.1) is 11.8 Å². The van der Waals surface area contributed by atoms with Gasteiger partial charge in [0.05, 0.1) is 52.9 Å². The van der Waals surface area contributed by atoms with E-state index in [1.54, 1.807) is 27.7 Å². The van der Waals surface area contributed by atoms with Crippen LogP contribution in [0.2, 0.25) is 0 Å². The normalized spacial score (nSPS) is 12.3. The van der Waals surface area contributed by atoms with Gasteiger partial charge in [-0.15, -0.1) is 8.78 Å². The molecule has 0 aliphatic heterocycles. The number of halogens is 18. The van der Waals surface area contributed by atoms with E-state index in [1.807, 2.05) is 0 Å². The van der Waals surface area contributed by atoms with E-state index in [9.17, 15) is 117 Å². The summed E-state index contributed by atoms with van der Waals surface area (Å²) in [5.41, 5.74) is 0.413. The molecule has 41 heteroatoms. The Bertz CT molecular complexity index is 3250. The van der Waals surface area contributed by atoms with E-state index in [-0.39, 0.29) is 46.7 Å². The molecule has 0 N–H and O–H groups in total. The van der Waals surface area contributed by atoms with Crippen LogP contribution in [-0.4, -0.2) is 195 Å². The Kier molecular flexibility index (Phi) is 66.5. The molecule has 0 heterocycles. The van der Waals surface area contributed by atoms with Gasteiger partial charge in [-0.3, -0.25) is 0 Å². The molecule has 0 saturated carbocycles. The lowest BCUT2D eigenvalue weighted by Gasteiger charge is -2.31. The standard InChI is InChI=1S/C49H80F4O11.C21H32F4O5.C15H14F10O7.CH4/c1-38(2)44(54)60-31-16-9-10-22-42(25-13-19-32-61-45(55)39(3)4)23-12-18-30-59-37-49(52,53)64-35-28-48(50,51)36-58-29-17-11-24-43(26-14-20-33-62-46(56)40(5)6)27-15-21-34-63-47(57)41(7)8;1-3-18(26)28-15-10-6-5-8-12-20(22,23)14-17-30-21(24,25)13-9-7-11-16-29-19(27)4-2;1-7(2)9(26)28-5-11(16,17)30-13(20,21)14(22,23)32-15(24,25)31-12(18,19)6-29-10(27)8(3)4;/h42-43H,1,3,5,7,9-37H2,2,4,6,8H3;3-4H,1-2,5-17H2;1,3,5-6H2,2,4H3;1H4. The molecular formula is C86H130F18O23. The van der Waals surface area contributed by atoms with Crippen molar-refractivity contribution in [2.45, 2.75) is 296 Å². The fourth-order valence-corrected chi connectivity index (χ4v) is 10.2. The highest BCUT2D eigenvalue weighted by Crippen LogP contribution is 2.45. The molecule has 0 aliphatic carbocycles. The first-order valence-electron chi connectivity index (χ1n) is 40.9. The van der Waals surface area contributed by atoms with Gasteiger partial charge in [0.1, 0.15) is 13.2 Å². The molecule has 1 atom stereocenters. The van der Waals surface area contributed by atoms with Gasteiger partial charge >= 0.3 is 90.7 Å². The van der Waals surface area contributed by atoms with Gasteiger partial charge in [0.2, 0.25) is 5.92 Å². The second kappa shape index (κ2) is 67.4. The molecule has 0 rings (SSSR count). The van der Waals surface area contributed by atoms with Gasteiger partial charge in [0.25, 0.3) is 5.92 Å². The third kappa shape index (κ3) is 71.6. The summed E-state index contributed by atoms with van der Waals surface area (Å²) < 4.78 is 308. The minimum absolute atomic E-state index is 0. The summed E-state index contributed by atoms with van der Waals surface area (Å²) >= 11 is 0. The van der Waals surface area contributed by atoms with Crippen LogP contribution in [-0.2, 0) is 109 Å². The molecule has 0 aromatic carbocycles. The maximum absolute atomic E-state index is 14.5. The summed E-state index contributed by atoms with van der Waals surface area (Å²) in [6.07, 6.45) is -19.9. The van der Waals surface area contributed by atoms with Crippen LogP contribution in [0.1, 0.15) is 242 Å². The summed E-state index contributed by atoms with van der Waals surface area (Å²) in [5.74, 6) is -11.5. The van der Waals surface area contributed by atoms with Crippen molar-refractivity contribution in [3.8, 4) is 0 Å². The molecule has 738 valence electrons. The summed E-state index contributed by atoms with van der Waals surface area (Å²) in [6.45, 7) is 28.5. The molecule has 1 unspecified atom stereocenters. The molecule has 127 heavy (non-hydrogen) atoms. The fourth-order valence-electron chi connectivity index (χ4n) is 10.2. The van der Waals surface area contributed by atoms with Crippen molar-refractivity contribution in [1.29, 1.82) is 0 Å². The van der Waals surface area contributed by atoms with Crippen LogP contribution < -0.4 is 0 Å². The molecule has 0 spiro atoms. The first kappa shape index (κ1) is 125. The van der Waals surface area contributed by atoms with Crippen LogP contribution in [0.25, 0.3) is 0 Å². The number of hydrogen-bond donors (Lipinski definition) is 0. The molecule has 0 aliphatic rings. The highest BCUT2D eigenvalue weighted by Gasteiger charge is 2.69. The van der Waals surface area contributed by atoms with Crippen molar-refractivity contribution in [3.63, 3.8) is 0 Å². The molecule has 0 aromatic rings. The number of hydrogen-bond acceptors (Lipinski definition) is 23. The van der Waals surface area contributed by atoms with Gasteiger partial charge in [-0.25, -0.2) is 70.1 Å². The monoisotopic (exact) mass is 1870 g/mol. The summed E-state index contributed by atoms with van der Waals surface area (Å²) in [7, 11) is 0. The van der Waals surface area contributed by atoms with Crippen molar-refractivity contribution in [1.82, 2.24) is 0 Å². The molecule has 0 aromatic heterocycles. The minimum Gasteiger partial charge on any atom is -0.463 e. The van der Waals surface area contributed by atoms with E-state index in [0.717, 1.165) is 116 Å². The zero-order valence-corrected chi connectivity index (χ0v) is 72.8. The molecule has 0 saturated heterocycles. The number of alkyl halides is 18. The Labute approximate surface area is 732 Å². The second-order valence-electron chi connectivity index (χ2n) is 29.5. The van der Waals surface area contributed by atoms with E-state index >= 15 is 0 Å². The quantitative estimate of drug-likeness (QED) is 0.0137. The average molecular weight is 1870 g/mol. The number of carbonyl (C=O) groups is 8. The summed E-state index contributed by atoms with van der Waals surface area (Å²) in [5, 5.41) is 0. The lowest BCUT2D eigenvalue weighted by atomic mass is 9.90. The van der Waals surface area contributed by atoms with Crippen molar-refractivity contribution in [3.05, 3.63) is 98.2 Å². The smallest absolute Gasteiger partial charge is 0.463 e. The fraction of sp³-hybridized carbons (Fsp3) is 0.721. The number of carbonyl (C=O) groups excluding carboxylic acids is 8. The average Bonchev–Trinajstić information content (AvgIpc) is 0.782. The largest absolute Gasteiger partial charge is 0.495 e. The minimum atomic E-state index is -6.71. The van der Waals surface area contributed by atoms with Crippen molar-refractivity contribution in [2.24, 2.45) is 11.8 Å². The maximum atomic E-state index is 14.5. The Morgan fingerprint density at radius 1 is 0.268 bits per heavy atom. The Morgan fingerprint density at radius 3 is 0.898 bits per heavy atom. The maximum Gasteiger partial charge on any atom is 0.495 e. The van der Waals surface area contributed by atoms with Gasteiger partial charge in [-0.2, -0.15) is 52.7 Å². The van der Waals surface area contributed by atoms with Gasteiger partial charge in [0, 0.05) is 84.5 Å².